The van der Waals surface area contributed by atoms with E-state index >= 15 is 0 Å². The molecular weight excluding hydrogens is 252 g/mol. The summed E-state index contributed by atoms with van der Waals surface area (Å²) >= 11 is 0. The quantitative estimate of drug-likeness (QED) is 0.836. The molecule has 0 saturated heterocycles. The van der Waals surface area contributed by atoms with Gasteiger partial charge in [-0.15, -0.1) is 0 Å². The number of nitriles is 1. The maximum Gasteiger partial charge on any atom is 0.229 e. The normalized spacial score (nSPS) is 10.6. The number of nitrogens with zero attached hydrogens (tertiary/aromatic N) is 4. The van der Waals surface area contributed by atoms with Crippen molar-refractivity contribution in [3.8, 4) is 6.07 Å². The highest BCUT2D eigenvalue weighted by atomic mass is 32.2. The zero-order valence-corrected chi connectivity index (χ0v) is 9.87. The third kappa shape index (κ3) is 2.61. The summed E-state index contributed by atoms with van der Waals surface area (Å²) in [6.45, 7) is 0. The minimum Gasteiger partial charge on any atom is -0.366 e. The van der Waals surface area contributed by atoms with Crippen molar-refractivity contribution in [1.29, 1.82) is 5.26 Å². The van der Waals surface area contributed by atoms with E-state index in [1.807, 2.05) is 6.07 Å². The van der Waals surface area contributed by atoms with E-state index in [4.69, 9.17) is 5.26 Å². The van der Waals surface area contributed by atoms with Crippen LogP contribution in [0.15, 0.2) is 47.6 Å². The van der Waals surface area contributed by atoms with Gasteiger partial charge >= 0.3 is 0 Å². The molecule has 0 N–H and O–H groups in total. The second-order valence-electron chi connectivity index (χ2n) is 3.25. The smallest absolute Gasteiger partial charge is 0.229 e. The molecule has 1 aromatic heterocycles. The largest absolute Gasteiger partial charge is 0.366 e. The van der Waals surface area contributed by atoms with Gasteiger partial charge in [0, 0.05) is 5.95 Å². The maximum atomic E-state index is 11.9. The van der Waals surface area contributed by atoms with E-state index < -0.39 is 10.0 Å². The summed E-state index contributed by atoms with van der Waals surface area (Å²) in [6, 6.07) is 9.03. The lowest BCUT2D eigenvalue weighted by atomic mass is 10.2. The van der Waals surface area contributed by atoms with Crippen LogP contribution in [0, 0.1) is 11.3 Å². The first-order chi connectivity index (χ1) is 8.62. The van der Waals surface area contributed by atoms with E-state index in [9.17, 15) is 8.42 Å². The third-order valence-corrected chi connectivity index (χ3v) is 3.27. The van der Waals surface area contributed by atoms with E-state index in [0.29, 0.717) is 0 Å². The van der Waals surface area contributed by atoms with Crippen LogP contribution in [-0.4, -0.2) is 18.4 Å². The van der Waals surface area contributed by atoms with Gasteiger partial charge < -0.3 is 9.97 Å². The number of rotatable bonds is 3. The summed E-state index contributed by atoms with van der Waals surface area (Å²) in [5.41, 5.74) is 0.250. The second-order valence-corrected chi connectivity index (χ2v) is 4.86. The highest BCUT2D eigenvalue weighted by Gasteiger charge is 2.12. The lowest BCUT2D eigenvalue weighted by Gasteiger charge is -2.11. The summed E-state index contributed by atoms with van der Waals surface area (Å²) in [5, 5.41) is 8.72. The van der Waals surface area contributed by atoms with E-state index in [1.165, 1.54) is 36.7 Å². The fraction of sp³-hybridized carbons (Fsp3) is 0. The van der Waals surface area contributed by atoms with Crippen molar-refractivity contribution in [2.45, 2.75) is 4.90 Å². The first kappa shape index (κ1) is 12.0. The molecule has 18 heavy (non-hydrogen) atoms. The number of aromatic nitrogens is 2. The lowest BCUT2D eigenvalue weighted by molar-refractivity contribution is 0.603. The number of hydrogen-bond acceptors (Lipinski definition) is 5. The molecular formula is C11H7N4O2S-. The topological polar surface area (TPSA) is 97.8 Å². The molecule has 0 amide bonds. The molecule has 2 aromatic rings. The van der Waals surface area contributed by atoms with E-state index in [1.54, 1.807) is 6.07 Å². The minimum absolute atomic E-state index is 0.0611. The van der Waals surface area contributed by atoms with E-state index in [-0.39, 0.29) is 16.4 Å². The molecule has 0 aliphatic rings. The Morgan fingerprint density at radius 1 is 1.17 bits per heavy atom. The van der Waals surface area contributed by atoms with Gasteiger partial charge in [-0.05, 0) is 30.6 Å². The Labute approximate surface area is 104 Å². The molecule has 1 aromatic carbocycles. The van der Waals surface area contributed by atoms with Crippen LogP contribution in [0.4, 0.5) is 5.95 Å². The molecule has 0 radical (unpaired) electrons. The van der Waals surface area contributed by atoms with Gasteiger partial charge in [0.05, 0.1) is 16.5 Å². The van der Waals surface area contributed by atoms with Crippen LogP contribution in [-0.2, 0) is 10.0 Å². The first-order valence-corrected chi connectivity index (χ1v) is 6.31. The van der Waals surface area contributed by atoms with Gasteiger partial charge in [0.15, 0.2) is 0 Å². The summed E-state index contributed by atoms with van der Waals surface area (Å²) in [7, 11) is -3.90. The molecule has 0 bridgehead atoms. The summed E-state index contributed by atoms with van der Waals surface area (Å²) in [6.07, 6.45) is 2.79. The summed E-state index contributed by atoms with van der Waals surface area (Å²) in [5.74, 6) is -0.139. The van der Waals surface area contributed by atoms with Crippen molar-refractivity contribution < 1.29 is 8.42 Å². The van der Waals surface area contributed by atoms with Gasteiger partial charge in [0.1, 0.15) is 0 Å². The SMILES string of the molecule is N#Cc1cccc(S(=O)(=O)[N-]c2ncccn2)c1. The van der Waals surface area contributed by atoms with Crippen molar-refractivity contribution >= 4 is 16.0 Å². The fourth-order valence-corrected chi connectivity index (χ4v) is 2.17. The molecule has 2 rings (SSSR count). The zero-order valence-electron chi connectivity index (χ0n) is 9.06. The molecule has 0 fully saturated rings. The molecule has 7 heteroatoms. The molecule has 0 aliphatic carbocycles. The predicted octanol–water partition coefficient (Wildman–Crippen LogP) is 1.74. The highest BCUT2D eigenvalue weighted by Crippen LogP contribution is 2.23. The van der Waals surface area contributed by atoms with Crippen LogP contribution in [0.2, 0.25) is 0 Å². The fourth-order valence-electron chi connectivity index (χ4n) is 1.22. The Balaban J connectivity index is 2.34. The standard InChI is InChI=1S/C11H7N4O2S/c12-8-9-3-1-4-10(7-9)18(16,17)15-11-13-5-2-6-14-11/h1-7H/q-1. The molecule has 0 aliphatic heterocycles. The van der Waals surface area contributed by atoms with Crippen LogP contribution in [0.5, 0.6) is 0 Å². The van der Waals surface area contributed by atoms with Crippen LogP contribution in [0.3, 0.4) is 0 Å². The lowest BCUT2D eigenvalue weighted by Crippen LogP contribution is -1.99. The van der Waals surface area contributed by atoms with Crippen molar-refractivity contribution in [3.05, 3.63) is 53.0 Å². The first-order valence-electron chi connectivity index (χ1n) is 4.87. The zero-order chi connectivity index (χ0) is 13.0. The van der Waals surface area contributed by atoms with Crippen LogP contribution in [0.1, 0.15) is 5.56 Å². The van der Waals surface area contributed by atoms with Crippen molar-refractivity contribution in [2.75, 3.05) is 0 Å². The van der Waals surface area contributed by atoms with Crippen LogP contribution >= 0.6 is 0 Å². The van der Waals surface area contributed by atoms with Gasteiger partial charge in [0.2, 0.25) is 10.0 Å². The number of hydrogen-bond donors (Lipinski definition) is 0. The van der Waals surface area contributed by atoms with Crippen molar-refractivity contribution in [3.63, 3.8) is 0 Å². The van der Waals surface area contributed by atoms with Gasteiger partial charge in [-0.3, -0.25) is 4.72 Å². The second kappa shape index (κ2) is 4.81. The van der Waals surface area contributed by atoms with Crippen molar-refractivity contribution in [1.82, 2.24) is 9.97 Å². The van der Waals surface area contributed by atoms with Gasteiger partial charge in [-0.25, -0.2) is 8.42 Å². The third-order valence-electron chi connectivity index (χ3n) is 2.01. The van der Waals surface area contributed by atoms with Gasteiger partial charge in [0.25, 0.3) is 0 Å². The number of sulfonamides is 1. The Kier molecular flexibility index (Phi) is 3.21. The Morgan fingerprint density at radius 2 is 1.89 bits per heavy atom. The molecule has 0 unspecified atom stereocenters. The monoisotopic (exact) mass is 259 g/mol. The molecule has 90 valence electrons. The molecule has 1 heterocycles. The minimum atomic E-state index is -3.90. The molecule has 0 spiro atoms. The average Bonchev–Trinajstić information content (AvgIpc) is 2.39. The predicted molar refractivity (Wildman–Crippen MR) is 63.4 cm³/mol. The summed E-state index contributed by atoms with van der Waals surface area (Å²) in [4.78, 5) is 7.36. The Hall–Kier alpha value is -2.46. The van der Waals surface area contributed by atoms with Crippen LogP contribution < -0.4 is 0 Å². The maximum absolute atomic E-state index is 11.9. The van der Waals surface area contributed by atoms with E-state index in [2.05, 4.69) is 14.7 Å². The van der Waals surface area contributed by atoms with Gasteiger partial charge in [-0.2, -0.15) is 5.26 Å². The molecule has 0 atom stereocenters. The average molecular weight is 259 g/mol. The molecule has 6 nitrogen and oxygen atoms in total. The highest BCUT2D eigenvalue weighted by molar-refractivity contribution is 7.94. The van der Waals surface area contributed by atoms with Gasteiger partial charge in [-0.1, -0.05) is 12.1 Å². The summed E-state index contributed by atoms with van der Waals surface area (Å²) < 4.78 is 27.3. The number of benzene rings is 1. The Bertz CT molecular complexity index is 692. The van der Waals surface area contributed by atoms with Crippen LogP contribution in [0.25, 0.3) is 4.72 Å². The van der Waals surface area contributed by atoms with E-state index in [0.717, 1.165) is 0 Å². The Morgan fingerprint density at radius 3 is 2.56 bits per heavy atom. The molecule has 0 saturated carbocycles. The van der Waals surface area contributed by atoms with Crippen molar-refractivity contribution in [2.24, 2.45) is 0 Å².